The van der Waals surface area contributed by atoms with Gasteiger partial charge in [-0.15, -0.1) is 0 Å². The molecule has 3 aromatic rings. The summed E-state index contributed by atoms with van der Waals surface area (Å²) in [7, 11) is 1.83. The monoisotopic (exact) mass is 409 g/mol. The Morgan fingerprint density at radius 2 is 1.77 bits per heavy atom. The molecule has 2 aromatic carbocycles. The number of carbonyl (C=O) groups excluding carboxylic acids is 1. The molecular weight excluding hydrogens is 390 g/mol. The van der Waals surface area contributed by atoms with Crippen molar-refractivity contribution in [3.8, 4) is 11.1 Å². The zero-order valence-electron chi connectivity index (χ0n) is 15.0. The molecule has 0 spiro atoms. The number of hydrogen-bond donors (Lipinski definition) is 1. The molecule has 0 fully saturated rings. The molecule has 0 unspecified atom stereocenters. The Morgan fingerprint density at radius 3 is 2.42 bits per heavy atom. The Bertz CT molecular complexity index is 957. The second-order valence-electron chi connectivity index (χ2n) is 6.12. The van der Waals surface area contributed by atoms with Crippen molar-refractivity contribution in [1.82, 2.24) is 9.78 Å². The van der Waals surface area contributed by atoms with E-state index in [2.05, 4.69) is 26.3 Å². The molecule has 3 rings (SSSR count). The van der Waals surface area contributed by atoms with Gasteiger partial charge in [0, 0.05) is 23.2 Å². The van der Waals surface area contributed by atoms with Crippen LogP contribution >= 0.6 is 15.9 Å². The maximum Gasteiger partial charge on any atom is 0.249 e. The molecule has 0 aliphatic heterocycles. The fourth-order valence-corrected chi connectivity index (χ4v) is 3.16. The molecule has 0 saturated carbocycles. The molecule has 0 saturated heterocycles. The third kappa shape index (κ3) is 3.94. The van der Waals surface area contributed by atoms with E-state index in [1.165, 1.54) is 0 Å². The highest BCUT2D eigenvalue weighted by molar-refractivity contribution is 9.10. The van der Waals surface area contributed by atoms with Gasteiger partial charge in [0.2, 0.25) is 5.91 Å². The summed E-state index contributed by atoms with van der Waals surface area (Å²) in [5.74, 6) is 0.514. The van der Waals surface area contributed by atoms with Gasteiger partial charge in [-0.1, -0.05) is 58.4 Å². The predicted octanol–water partition coefficient (Wildman–Crippen LogP) is 5.20. The lowest BCUT2D eigenvalue weighted by atomic mass is 10.1. The van der Waals surface area contributed by atoms with Crippen molar-refractivity contribution in [3.05, 3.63) is 76.4 Å². The Labute approximate surface area is 161 Å². The van der Waals surface area contributed by atoms with Crippen LogP contribution in [0.5, 0.6) is 0 Å². The van der Waals surface area contributed by atoms with E-state index in [0.29, 0.717) is 5.82 Å². The Balaban J connectivity index is 1.90. The summed E-state index contributed by atoms with van der Waals surface area (Å²) in [6, 6.07) is 17.8. The zero-order chi connectivity index (χ0) is 18.7. The molecule has 1 amide bonds. The highest BCUT2D eigenvalue weighted by Gasteiger charge is 2.16. The SMILES string of the molecule is C/C(=C/C(=O)Nc1c(-c2ccc(Br)cc2)c(C)nn1C)c1ccccc1. The van der Waals surface area contributed by atoms with E-state index in [1.807, 2.05) is 75.5 Å². The van der Waals surface area contributed by atoms with Crippen molar-refractivity contribution in [3.63, 3.8) is 0 Å². The van der Waals surface area contributed by atoms with E-state index in [1.54, 1.807) is 10.8 Å². The highest BCUT2D eigenvalue weighted by Crippen LogP contribution is 2.32. The van der Waals surface area contributed by atoms with Crippen molar-refractivity contribution in [2.75, 3.05) is 5.32 Å². The van der Waals surface area contributed by atoms with E-state index < -0.39 is 0 Å². The maximum absolute atomic E-state index is 12.6. The molecule has 4 nitrogen and oxygen atoms in total. The van der Waals surface area contributed by atoms with Crippen molar-refractivity contribution >= 4 is 33.2 Å². The summed E-state index contributed by atoms with van der Waals surface area (Å²) in [6.07, 6.45) is 1.61. The Kier molecular flexibility index (Phi) is 5.38. The Hall–Kier alpha value is -2.66. The van der Waals surface area contributed by atoms with Gasteiger partial charge < -0.3 is 5.32 Å². The van der Waals surface area contributed by atoms with Crippen LogP contribution in [0, 0.1) is 6.92 Å². The second-order valence-corrected chi connectivity index (χ2v) is 7.04. The molecule has 0 radical (unpaired) electrons. The fourth-order valence-electron chi connectivity index (χ4n) is 2.90. The summed E-state index contributed by atoms with van der Waals surface area (Å²) < 4.78 is 2.71. The third-order valence-electron chi connectivity index (χ3n) is 4.17. The number of aromatic nitrogens is 2. The summed E-state index contributed by atoms with van der Waals surface area (Å²) in [5, 5.41) is 7.46. The van der Waals surface area contributed by atoms with Crippen molar-refractivity contribution in [1.29, 1.82) is 0 Å². The lowest BCUT2D eigenvalue weighted by Gasteiger charge is -2.08. The molecule has 1 N–H and O–H groups in total. The van der Waals surface area contributed by atoms with Gasteiger partial charge in [-0.05, 0) is 42.7 Å². The third-order valence-corrected chi connectivity index (χ3v) is 4.70. The minimum atomic E-state index is -0.173. The minimum absolute atomic E-state index is 0.173. The number of carbonyl (C=O) groups is 1. The summed E-state index contributed by atoms with van der Waals surface area (Å²) >= 11 is 3.45. The molecule has 0 bridgehead atoms. The quantitative estimate of drug-likeness (QED) is 0.601. The van der Waals surface area contributed by atoms with Gasteiger partial charge in [0.15, 0.2) is 0 Å². The zero-order valence-corrected chi connectivity index (χ0v) is 16.5. The number of benzene rings is 2. The molecular formula is C21H20BrN3O. The first-order valence-corrected chi connectivity index (χ1v) is 9.09. The van der Waals surface area contributed by atoms with E-state index in [-0.39, 0.29) is 5.91 Å². The van der Waals surface area contributed by atoms with E-state index >= 15 is 0 Å². The number of rotatable bonds is 4. The number of amides is 1. The highest BCUT2D eigenvalue weighted by atomic mass is 79.9. The van der Waals surface area contributed by atoms with Gasteiger partial charge in [-0.2, -0.15) is 5.10 Å². The van der Waals surface area contributed by atoms with Gasteiger partial charge in [0.05, 0.1) is 5.69 Å². The van der Waals surface area contributed by atoms with Crippen molar-refractivity contribution in [2.45, 2.75) is 13.8 Å². The van der Waals surface area contributed by atoms with Crippen LogP contribution in [-0.2, 0) is 11.8 Å². The number of nitrogens with one attached hydrogen (secondary N) is 1. The Morgan fingerprint density at radius 1 is 1.12 bits per heavy atom. The summed E-state index contributed by atoms with van der Waals surface area (Å²) in [5.41, 5.74) is 4.75. The first-order valence-electron chi connectivity index (χ1n) is 8.30. The van der Waals surface area contributed by atoms with Crippen LogP contribution in [0.1, 0.15) is 18.2 Å². The topological polar surface area (TPSA) is 46.9 Å². The van der Waals surface area contributed by atoms with Gasteiger partial charge in [0.1, 0.15) is 5.82 Å². The molecule has 0 aliphatic carbocycles. The predicted molar refractivity (Wildman–Crippen MR) is 110 cm³/mol. The van der Waals surface area contributed by atoms with Crippen LogP contribution in [-0.4, -0.2) is 15.7 Å². The van der Waals surface area contributed by atoms with Gasteiger partial charge >= 0.3 is 0 Å². The lowest BCUT2D eigenvalue weighted by molar-refractivity contribution is -0.111. The standard InChI is InChI=1S/C21H20BrN3O/c1-14(16-7-5-4-6-8-16)13-19(26)23-21-20(15(2)24-25(21)3)17-9-11-18(22)12-10-17/h4-13H,1-3H3,(H,23,26)/b14-13-. The van der Waals surface area contributed by atoms with Gasteiger partial charge in [-0.25, -0.2) is 0 Å². The molecule has 1 aromatic heterocycles. The summed E-state index contributed by atoms with van der Waals surface area (Å²) in [4.78, 5) is 12.6. The molecule has 5 heteroatoms. The number of anilines is 1. The molecule has 1 heterocycles. The van der Waals surface area contributed by atoms with Crippen LogP contribution in [0.2, 0.25) is 0 Å². The number of aryl methyl sites for hydroxylation is 2. The normalized spacial score (nSPS) is 11.5. The smallest absolute Gasteiger partial charge is 0.249 e. The van der Waals surface area contributed by atoms with Gasteiger partial charge in [-0.3, -0.25) is 9.48 Å². The van der Waals surface area contributed by atoms with Crippen LogP contribution in [0.25, 0.3) is 16.7 Å². The first-order chi connectivity index (χ1) is 12.5. The lowest BCUT2D eigenvalue weighted by Crippen LogP contribution is -2.12. The molecule has 26 heavy (non-hydrogen) atoms. The maximum atomic E-state index is 12.6. The second kappa shape index (κ2) is 7.70. The average molecular weight is 410 g/mol. The van der Waals surface area contributed by atoms with Crippen LogP contribution in [0.4, 0.5) is 5.82 Å². The number of allylic oxidation sites excluding steroid dienone is 1. The minimum Gasteiger partial charge on any atom is -0.307 e. The van der Waals surface area contributed by atoms with Crippen LogP contribution in [0.15, 0.2) is 65.1 Å². The largest absolute Gasteiger partial charge is 0.307 e. The van der Waals surface area contributed by atoms with E-state index in [9.17, 15) is 4.79 Å². The van der Waals surface area contributed by atoms with Crippen LogP contribution < -0.4 is 5.32 Å². The first kappa shape index (κ1) is 18.1. The number of halogens is 1. The van der Waals surface area contributed by atoms with Crippen LogP contribution in [0.3, 0.4) is 0 Å². The van der Waals surface area contributed by atoms with Gasteiger partial charge in [0.25, 0.3) is 0 Å². The molecule has 0 atom stereocenters. The molecule has 0 aliphatic rings. The van der Waals surface area contributed by atoms with E-state index in [4.69, 9.17) is 0 Å². The number of nitrogens with zero attached hydrogens (tertiary/aromatic N) is 2. The van der Waals surface area contributed by atoms with E-state index in [0.717, 1.165) is 32.4 Å². The number of hydrogen-bond acceptors (Lipinski definition) is 2. The van der Waals surface area contributed by atoms with Crippen molar-refractivity contribution in [2.24, 2.45) is 7.05 Å². The van der Waals surface area contributed by atoms with Crippen molar-refractivity contribution < 1.29 is 4.79 Å². The fraction of sp³-hybridized carbons (Fsp3) is 0.143. The molecule has 132 valence electrons. The summed E-state index contributed by atoms with van der Waals surface area (Å²) in [6.45, 7) is 3.87. The average Bonchev–Trinajstić information content (AvgIpc) is 2.90.